The van der Waals surface area contributed by atoms with Crippen LogP contribution in [-0.2, 0) is 43.3 Å². The molecule has 1 saturated carbocycles. The second kappa shape index (κ2) is 18.2. The highest BCUT2D eigenvalue weighted by Gasteiger charge is 2.59. The summed E-state index contributed by atoms with van der Waals surface area (Å²) in [5.41, 5.74) is 32.7. The van der Waals surface area contributed by atoms with Gasteiger partial charge in [-0.2, -0.15) is 0 Å². The van der Waals surface area contributed by atoms with Gasteiger partial charge in [0, 0.05) is 50.8 Å². The molecule has 4 aliphatic carbocycles. The van der Waals surface area contributed by atoms with E-state index in [0.29, 0.717) is 0 Å². The molecule has 8 aromatic rings. The zero-order valence-corrected chi connectivity index (χ0v) is 55.9. The first kappa shape index (κ1) is 56.7. The zero-order chi connectivity index (χ0) is 61.3. The largest absolute Gasteiger partial charge is 0.334 e. The highest BCUT2D eigenvalue weighted by atomic mass is 15.3. The van der Waals surface area contributed by atoms with Gasteiger partial charge in [-0.1, -0.05) is 215 Å². The van der Waals surface area contributed by atoms with Gasteiger partial charge in [0.2, 0.25) is 0 Å². The minimum absolute atomic E-state index is 0.000483. The second-order valence-corrected chi connectivity index (χ2v) is 33.9. The molecule has 3 aliphatic heterocycles. The molecule has 3 nitrogen and oxygen atoms in total. The molecule has 0 amide bonds. The fourth-order valence-corrected chi connectivity index (χ4v) is 19.5. The van der Waals surface area contributed by atoms with Crippen molar-refractivity contribution in [3.63, 3.8) is 0 Å². The minimum atomic E-state index is -0.203. The third kappa shape index (κ3) is 8.05. The van der Waals surface area contributed by atoms with Gasteiger partial charge in [-0.25, -0.2) is 0 Å². The van der Waals surface area contributed by atoms with Gasteiger partial charge in [0.1, 0.15) is 0 Å². The normalized spacial score (nSPS) is 23.2. The van der Waals surface area contributed by atoms with Gasteiger partial charge in [0.15, 0.2) is 0 Å². The SMILES string of the molecule is Cc1cc2c(cc1N1c3cc4c(cc3B3c5cc6c(cc5N(c5ccc(C(C)(C)C)cc5-c5ccccc5)c5cc(N7c8ccc(-c9ccccc9)cc8C8(C)CCCCC78C)cc1c53)C(C)(C)CC6(C)C)C(C)(C)CCC4(C)C)C(C)(C)CC2(C)C. The van der Waals surface area contributed by atoms with Crippen molar-refractivity contribution >= 4 is 68.6 Å². The Labute approximate surface area is 523 Å². The molecule has 0 radical (unpaired) electrons. The van der Waals surface area contributed by atoms with Gasteiger partial charge in [0.25, 0.3) is 6.71 Å². The van der Waals surface area contributed by atoms with Crippen LogP contribution in [0.5, 0.6) is 0 Å². The Morgan fingerprint density at radius 1 is 0.379 bits per heavy atom. The molecule has 2 unspecified atom stereocenters. The quantitative estimate of drug-likeness (QED) is 0.159. The third-order valence-corrected chi connectivity index (χ3v) is 24.1. The molecule has 0 saturated heterocycles. The van der Waals surface area contributed by atoms with Crippen LogP contribution in [0.1, 0.15) is 219 Å². The first-order chi connectivity index (χ1) is 40.9. The number of hydrogen-bond donors (Lipinski definition) is 0. The number of aryl methyl sites for hydroxylation is 1. The van der Waals surface area contributed by atoms with Crippen molar-refractivity contribution in [1.29, 1.82) is 0 Å². The number of nitrogens with zero attached hydrogens (tertiary/aromatic N) is 3. The summed E-state index contributed by atoms with van der Waals surface area (Å²) >= 11 is 0. The molecular weight excluding hydrogens is 1050 g/mol. The van der Waals surface area contributed by atoms with E-state index in [2.05, 4.69) is 285 Å². The molecule has 0 spiro atoms. The molecular formula is C83H94BN3. The molecule has 4 heteroatoms. The smallest absolute Gasteiger partial charge is 0.252 e. The predicted octanol–water partition coefficient (Wildman–Crippen LogP) is 20.7. The summed E-state index contributed by atoms with van der Waals surface area (Å²) < 4.78 is 0. The summed E-state index contributed by atoms with van der Waals surface area (Å²) in [6, 6.07) is 59.2. The summed E-state index contributed by atoms with van der Waals surface area (Å²) in [6.45, 7) is 44.9. The van der Waals surface area contributed by atoms with Gasteiger partial charge >= 0.3 is 0 Å². The van der Waals surface area contributed by atoms with Crippen LogP contribution in [-0.4, -0.2) is 12.3 Å². The second-order valence-electron chi connectivity index (χ2n) is 33.9. The highest BCUT2D eigenvalue weighted by Crippen LogP contribution is 2.64. The molecule has 87 heavy (non-hydrogen) atoms. The summed E-state index contributed by atoms with van der Waals surface area (Å²) in [5, 5.41) is 0. The molecule has 2 atom stereocenters. The van der Waals surface area contributed by atoms with Crippen molar-refractivity contribution in [2.75, 3.05) is 14.7 Å². The topological polar surface area (TPSA) is 9.72 Å². The molecule has 7 aliphatic rings. The van der Waals surface area contributed by atoms with E-state index in [4.69, 9.17) is 0 Å². The van der Waals surface area contributed by atoms with E-state index in [0.717, 1.165) is 38.5 Å². The van der Waals surface area contributed by atoms with Crippen LogP contribution in [0.25, 0.3) is 22.3 Å². The Morgan fingerprint density at radius 2 is 0.851 bits per heavy atom. The Bertz CT molecular complexity index is 4220. The number of anilines is 8. The predicted molar refractivity (Wildman–Crippen MR) is 374 cm³/mol. The Balaban J connectivity index is 1.12. The average Bonchev–Trinajstić information content (AvgIpc) is 1.66. The van der Waals surface area contributed by atoms with E-state index >= 15 is 0 Å². The van der Waals surface area contributed by atoms with E-state index in [9.17, 15) is 0 Å². The van der Waals surface area contributed by atoms with Crippen molar-refractivity contribution < 1.29 is 0 Å². The molecule has 8 aromatic carbocycles. The van der Waals surface area contributed by atoms with Gasteiger partial charge in [-0.15, -0.1) is 0 Å². The van der Waals surface area contributed by atoms with Crippen LogP contribution >= 0.6 is 0 Å². The van der Waals surface area contributed by atoms with Crippen LogP contribution in [0.4, 0.5) is 45.5 Å². The van der Waals surface area contributed by atoms with Crippen molar-refractivity contribution in [1.82, 2.24) is 0 Å². The van der Waals surface area contributed by atoms with Crippen molar-refractivity contribution in [3.8, 4) is 22.3 Å². The summed E-state index contributed by atoms with van der Waals surface area (Å²) in [7, 11) is 0. The maximum absolute atomic E-state index is 2.89. The lowest BCUT2D eigenvalue weighted by Crippen LogP contribution is -2.62. The van der Waals surface area contributed by atoms with Crippen LogP contribution < -0.4 is 31.1 Å². The van der Waals surface area contributed by atoms with Crippen molar-refractivity contribution in [2.45, 2.75) is 225 Å². The molecule has 0 aromatic heterocycles. The third-order valence-electron chi connectivity index (χ3n) is 24.1. The fourth-order valence-electron chi connectivity index (χ4n) is 19.5. The van der Waals surface area contributed by atoms with E-state index < -0.39 is 0 Å². The molecule has 1 fully saturated rings. The van der Waals surface area contributed by atoms with E-state index in [-0.39, 0.29) is 55.6 Å². The van der Waals surface area contributed by atoms with E-state index in [1.807, 2.05) is 0 Å². The maximum Gasteiger partial charge on any atom is 0.252 e. The average molecular weight is 1140 g/mol. The lowest BCUT2D eigenvalue weighted by molar-refractivity contribution is 0.195. The maximum atomic E-state index is 2.89. The first-order valence-electron chi connectivity index (χ1n) is 33.4. The van der Waals surface area contributed by atoms with Crippen LogP contribution in [0, 0.1) is 6.92 Å². The Hall–Kier alpha value is -6.78. The summed E-state index contributed by atoms with van der Waals surface area (Å²) in [4.78, 5) is 8.53. The molecule has 3 heterocycles. The highest BCUT2D eigenvalue weighted by molar-refractivity contribution is 7.00. The molecule has 444 valence electrons. The lowest BCUT2D eigenvalue weighted by Gasteiger charge is -2.51. The Kier molecular flexibility index (Phi) is 11.9. The van der Waals surface area contributed by atoms with Gasteiger partial charge in [-0.05, 0) is 228 Å². The Morgan fingerprint density at radius 3 is 1.41 bits per heavy atom. The van der Waals surface area contributed by atoms with Crippen molar-refractivity contribution in [2.24, 2.45) is 0 Å². The summed E-state index contributed by atoms with van der Waals surface area (Å²) in [6.07, 6.45) is 9.25. The van der Waals surface area contributed by atoms with E-state index in [1.54, 1.807) is 0 Å². The van der Waals surface area contributed by atoms with Crippen LogP contribution in [0.3, 0.4) is 0 Å². The summed E-state index contributed by atoms with van der Waals surface area (Å²) in [5.74, 6) is 0. The number of hydrogen-bond acceptors (Lipinski definition) is 3. The monoisotopic (exact) mass is 1140 g/mol. The lowest BCUT2D eigenvalue weighted by atomic mass is 9.33. The van der Waals surface area contributed by atoms with Gasteiger partial charge < -0.3 is 14.7 Å². The molecule has 15 rings (SSSR count). The van der Waals surface area contributed by atoms with Crippen LogP contribution in [0.15, 0.2) is 146 Å². The van der Waals surface area contributed by atoms with Gasteiger partial charge in [0.05, 0.1) is 11.2 Å². The zero-order valence-electron chi connectivity index (χ0n) is 55.9. The first-order valence-corrected chi connectivity index (χ1v) is 33.4. The number of rotatable bonds is 5. The number of benzene rings is 8. The van der Waals surface area contributed by atoms with Crippen molar-refractivity contribution in [3.05, 3.63) is 196 Å². The standard InChI is InChI=1S/C83H94BN3/c1-51-39-58-62(80(13,14)49-78(58,9)10)46-69(51)86-71-47-61-59(76(5,6)37-38-77(61,7)8)44-65(71)84-66-45-60-63(81(15,16)50-79(60,11)12)48-70(66)85(67-34-32-55(75(2,3)4)41-57(67)53-29-23-20-24-30-53)72-42-56(43-73(86)74(72)84)87-68-33-31-54(52-27-21-19-22-28-52)40-64(68)82(17)35-25-26-36-83(82,87)18/h19-24,27-34,39-48H,25-26,35-38,49-50H2,1-18H3. The molecule has 0 N–H and O–H groups in total. The fraction of sp³-hybridized carbons (Fsp3) is 0.422. The van der Waals surface area contributed by atoms with Gasteiger partial charge in [-0.3, -0.25) is 0 Å². The number of fused-ring (bicyclic) bond motifs is 10. The van der Waals surface area contributed by atoms with E-state index in [1.165, 1.54) is 147 Å². The van der Waals surface area contributed by atoms with Crippen LogP contribution in [0.2, 0.25) is 0 Å². The minimum Gasteiger partial charge on any atom is -0.334 e. The molecule has 0 bridgehead atoms.